The van der Waals surface area contributed by atoms with Gasteiger partial charge in [-0.1, -0.05) is 315 Å². The first-order valence-electron chi connectivity index (χ1n) is 40.0. The molecule has 0 saturated heterocycles. The number of hydrogen-bond acceptors (Lipinski definition) is 0. The zero-order chi connectivity index (χ0) is 76.3. The predicted octanol–water partition coefficient (Wildman–Crippen LogP) is 30.4. The SMILES string of the molecule is c1ccc(-c2ccc(-n3c4ccccc4c4c5cc(-c6ccc7ccc8c(c7c6)c6ccccc6n8-c6ccc(-c7ccccc7)cc6)ccc5ccc43)cc2)cc1.c1ccc(-c2ccc(-n3c4ccccc4c4c5ccc(-c6ccc7ccc8c(c7c6)c6ccccc6n8-c6ccc(-c7ccccc7)cc6)cc5ccc43)cc2)cc1. The maximum absolute atomic E-state index is 2.42. The summed E-state index contributed by atoms with van der Waals surface area (Å²) in [6.07, 6.45) is 0. The molecule has 0 radical (unpaired) electrons. The third-order valence-electron chi connectivity index (χ3n) is 24.2. The van der Waals surface area contributed by atoms with Crippen LogP contribution in [0.5, 0.6) is 0 Å². The molecule has 0 atom stereocenters. The van der Waals surface area contributed by atoms with Gasteiger partial charge in [-0.15, -0.1) is 0 Å². The Morgan fingerprint density at radius 3 is 0.603 bits per heavy atom. The number of benzene rings is 20. The van der Waals surface area contributed by atoms with Gasteiger partial charge in [-0.2, -0.15) is 0 Å². The zero-order valence-corrected chi connectivity index (χ0v) is 63.4. The van der Waals surface area contributed by atoms with E-state index in [0.29, 0.717) is 0 Å². The molecule has 4 heteroatoms. The monoisotopic (exact) mass is 1470 g/mol. The quantitative estimate of drug-likeness (QED) is 0.130. The summed E-state index contributed by atoms with van der Waals surface area (Å²) in [5.41, 5.74) is 29.0. The zero-order valence-electron chi connectivity index (χ0n) is 63.4. The minimum Gasteiger partial charge on any atom is -0.309 e. The van der Waals surface area contributed by atoms with E-state index in [1.165, 1.54) is 197 Å². The Hall–Kier alpha value is -15.4. The number of aromatic nitrogens is 4. The summed E-state index contributed by atoms with van der Waals surface area (Å²) in [5, 5.41) is 20.2. The van der Waals surface area contributed by atoms with Gasteiger partial charge >= 0.3 is 0 Å². The van der Waals surface area contributed by atoms with E-state index in [1.54, 1.807) is 0 Å². The molecule has 0 aliphatic carbocycles. The van der Waals surface area contributed by atoms with Gasteiger partial charge < -0.3 is 18.3 Å². The highest BCUT2D eigenvalue weighted by molar-refractivity contribution is 6.26. The first-order valence-corrected chi connectivity index (χ1v) is 40.0. The van der Waals surface area contributed by atoms with Gasteiger partial charge in [0, 0.05) is 65.8 Å². The van der Waals surface area contributed by atoms with Crippen LogP contribution in [0.25, 0.3) is 220 Å². The molecule has 24 aromatic rings. The van der Waals surface area contributed by atoms with Gasteiger partial charge in [0.25, 0.3) is 0 Å². The number of fused-ring (bicyclic) bond motifs is 20. The van der Waals surface area contributed by atoms with E-state index in [-0.39, 0.29) is 0 Å². The fourth-order valence-electron chi connectivity index (χ4n) is 18.7. The lowest BCUT2D eigenvalue weighted by atomic mass is 9.95. The van der Waals surface area contributed by atoms with E-state index < -0.39 is 0 Å². The minimum atomic E-state index is 1.16. The van der Waals surface area contributed by atoms with Crippen LogP contribution < -0.4 is 0 Å². The molecule has 4 nitrogen and oxygen atoms in total. The van der Waals surface area contributed by atoms with Gasteiger partial charge in [0.15, 0.2) is 0 Å². The van der Waals surface area contributed by atoms with Crippen LogP contribution in [0.15, 0.2) is 437 Å². The Morgan fingerprint density at radius 2 is 0.319 bits per heavy atom. The van der Waals surface area contributed by atoms with Crippen molar-refractivity contribution in [1.29, 1.82) is 0 Å². The Kier molecular flexibility index (Phi) is 15.6. The highest BCUT2D eigenvalue weighted by Gasteiger charge is 2.22. The van der Waals surface area contributed by atoms with Crippen molar-refractivity contribution in [2.24, 2.45) is 0 Å². The van der Waals surface area contributed by atoms with E-state index in [9.17, 15) is 0 Å². The van der Waals surface area contributed by atoms with E-state index in [1.807, 2.05) is 0 Å². The molecule has 116 heavy (non-hydrogen) atoms. The molecule has 20 aromatic carbocycles. The summed E-state index contributed by atoms with van der Waals surface area (Å²) in [5.74, 6) is 0. The second-order valence-electron chi connectivity index (χ2n) is 30.6. The first-order chi connectivity index (χ1) is 57.5. The maximum Gasteiger partial charge on any atom is 0.0547 e. The molecule has 0 bridgehead atoms. The standard InChI is InChI=1S/2C56H36N2/c1-3-11-37(12-4-1)39-23-29-45(30-24-39)57-51-17-9-7-15-47(51)55-49-35-43(21-19-41(49)27-33-53(55)57)44-22-20-42-28-34-54-56(50(42)36-44)48-16-8-10-18-52(48)58(54)46-31-25-40(26-32-46)38-13-5-2-6-14-38;1-3-11-37(12-4-1)39-21-28-45(29-22-39)57-51-17-9-7-15-48(51)55-47-32-25-42(35-44(47)27-34-53(55)57)43-20-19-41-26-33-54-56(50(41)36-43)49-16-8-10-18-52(49)58(54)46-30-23-40(24-31-46)38-13-5-2-6-14-38/h2*1-36H. The van der Waals surface area contributed by atoms with Crippen molar-refractivity contribution in [3.05, 3.63) is 437 Å². The van der Waals surface area contributed by atoms with Gasteiger partial charge in [-0.05, 0) is 231 Å². The number of para-hydroxylation sites is 4. The molecule has 4 aromatic heterocycles. The van der Waals surface area contributed by atoms with Gasteiger partial charge in [0.2, 0.25) is 0 Å². The third-order valence-corrected chi connectivity index (χ3v) is 24.2. The fourth-order valence-corrected chi connectivity index (χ4v) is 18.7. The molecule has 0 fully saturated rings. The van der Waals surface area contributed by atoms with Crippen LogP contribution in [0.2, 0.25) is 0 Å². The average molecular weight is 1470 g/mol. The van der Waals surface area contributed by atoms with Gasteiger partial charge in [-0.3, -0.25) is 0 Å². The van der Waals surface area contributed by atoms with Gasteiger partial charge in [-0.25, -0.2) is 0 Å². The normalized spacial score (nSPS) is 11.8. The Balaban J connectivity index is 0.000000137. The molecule has 0 unspecified atom stereocenters. The van der Waals surface area contributed by atoms with Crippen molar-refractivity contribution >= 4 is 130 Å². The molecule has 0 saturated carbocycles. The van der Waals surface area contributed by atoms with Crippen molar-refractivity contribution in [1.82, 2.24) is 18.3 Å². The Labute approximate surface area is 670 Å². The van der Waals surface area contributed by atoms with E-state index in [4.69, 9.17) is 0 Å². The molecule has 24 rings (SSSR count). The summed E-state index contributed by atoms with van der Waals surface area (Å²) >= 11 is 0. The molecule has 0 amide bonds. The highest BCUT2D eigenvalue weighted by Crippen LogP contribution is 2.46. The lowest BCUT2D eigenvalue weighted by Gasteiger charge is -2.11. The predicted molar refractivity (Wildman–Crippen MR) is 493 cm³/mol. The second kappa shape index (κ2) is 27.2. The van der Waals surface area contributed by atoms with Crippen LogP contribution in [-0.2, 0) is 0 Å². The lowest BCUT2D eigenvalue weighted by Crippen LogP contribution is -1.93. The van der Waals surface area contributed by atoms with Crippen molar-refractivity contribution < 1.29 is 0 Å². The van der Waals surface area contributed by atoms with Crippen molar-refractivity contribution in [2.75, 3.05) is 0 Å². The average Bonchev–Trinajstić information content (AvgIpc) is 1.58. The van der Waals surface area contributed by atoms with Crippen LogP contribution >= 0.6 is 0 Å². The van der Waals surface area contributed by atoms with Crippen LogP contribution in [0, 0.1) is 0 Å². The largest absolute Gasteiger partial charge is 0.309 e. The molecule has 0 spiro atoms. The first kappa shape index (κ1) is 66.4. The molecule has 0 aliphatic heterocycles. The second-order valence-corrected chi connectivity index (χ2v) is 30.6. The molecular formula is C112H72N4. The number of nitrogens with zero attached hydrogens (tertiary/aromatic N) is 4. The fraction of sp³-hybridized carbons (Fsp3) is 0. The van der Waals surface area contributed by atoms with Crippen molar-refractivity contribution in [2.45, 2.75) is 0 Å². The van der Waals surface area contributed by atoms with Crippen molar-refractivity contribution in [3.8, 4) is 89.5 Å². The Morgan fingerprint density at radius 1 is 0.112 bits per heavy atom. The van der Waals surface area contributed by atoms with Gasteiger partial charge in [0.1, 0.15) is 0 Å². The third kappa shape index (κ3) is 11.0. The van der Waals surface area contributed by atoms with Crippen molar-refractivity contribution in [3.63, 3.8) is 0 Å². The van der Waals surface area contributed by atoms with Gasteiger partial charge in [0.05, 0.1) is 44.1 Å². The summed E-state index contributed by atoms with van der Waals surface area (Å²) in [6.45, 7) is 0. The van der Waals surface area contributed by atoms with Crippen LogP contribution in [0.4, 0.5) is 0 Å². The number of rotatable bonds is 10. The highest BCUT2D eigenvalue weighted by atomic mass is 15.0. The smallest absolute Gasteiger partial charge is 0.0547 e. The maximum atomic E-state index is 2.42. The number of hydrogen-bond donors (Lipinski definition) is 0. The van der Waals surface area contributed by atoms with Crippen LogP contribution in [-0.4, -0.2) is 18.3 Å². The minimum absolute atomic E-state index is 1.16. The van der Waals surface area contributed by atoms with E-state index in [2.05, 4.69) is 455 Å². The summed E-state index contributed by atoms with van der Waals surface area (Å²) < 4.78 is 9.67. The van der Waals surface area contributed by atoms with E-state index in [0.717, 1.165) is 22.7 Å². The van der Waals surface area contributed by atoms with Crippen LogP contribution in [0.1, 0.15) is 0 Å². The molecular weight excluding hydrogens is 1400 g/mol. The summed E-state index contributed by atoms with van der Waals surface area (Å²) in [6, 6.07) is 160. The summed E-state index contributed by atoms with van der Waals surface area (Å²) in [4.78, 5) is 0. The molecule has 0 aliphatic rings. The molecule has 540 valence electrons. The topological polar surface area (TPSA) is 19.7 Å². The van der Waals surface area contributed by atoms with Crippen LogP contribution in [0.3, 0.4) is 0 Å². The molecule has 0 N–H and O–H groups in total. The Bertz CT molecular complexity index is 7750. The van der Waals surface area contributed by atoms with E-state index >= 15 is 0 Å². The lowest BCUT2D eigenvalue weighted by molar-refractivity contribution is 1.18. The molecule has 4 heterocycles. The summed E-state index contributed by atoms with van der Waals surface area (Å²) in [7, 11) is 0.